The van der Waals surface area contributed by atoms with Gasteiger partial charge in [-0.15, -0.1) is 10.2 Å². The van der Waals surface area contributed by atoms with Gasteiger partial charge in [-0.2, -0.15) is 5.21 Å². The molecule has 5 N–H and O–H groups in total. The van der Waals surface area contributed by atoms with Crippen molar-refractivity contribution in [2.45, 2.75) is 64.5 Å². The summed E-state index contributed by atoms with van der Waals surface area (Å²) >= 11 is 0. The summed E-state index contributed by atoms with van der Waals surface area (Å²) in [6.07, 6.45) is 2.64. The molecule has 0 spiro atoms. The quantitative estimate of drug-likeness (QED) is 0.143. The predicted molar refractivity (Wildman–Crippen MR) is 182 cm³/mol. The van der Waals surface area contributed by atoms with E-state index in [2.05, 4.69) is 36.6 Å². The summed E-state index contributed by atoms with van der Waals surface area (Å²) < 4.78 is 5.33. The lowest BCUT2D eigenvalue weighted by molar-refractivity contribution is -0.130. The molecule has 0 bridgehead atoms. The van der Waals surface area contributed by atoms with Gasteiger partial charge in [0.25, 0.3) is 0 Å². The second-order valence-electron chi connectivity index (χ2n) is 13.2. The number of carbonyl (C=O) groups excluding carboxylic acids is 3. The maximum Gasteiger partial charge on any atom is 0.407 e. The van der Waals surface area contributed by atoms with Crippen molar-refractivity contribution in [1.82, 2.24) is 31.3 Å². The number of rotatable bonds is 11. The molecule has 5 rings (SSSR count). The number of benzene rings is 3. The highest BCUT2D eigenvalue weighted by atomic mass is 16.6. The molecular weight excluding hydrogens is 626 g/mol. The van der Waals surface area contributed by atoms with Crippen LogP contribution in [0.25, 0.3) is 22.5 Å². The van der Waals surface area contributed by atoms with Crippen molar-refractivity contribution in [3.05, 3.63) is 83.9 Å². The molecule has 1 unspecified atom stereocenters. The van der Waals surface area contributed by atoms with Crippen molar-refractivity contribution < 1.29 is 29.0 Å². The van der Waals surface area contributed by atoms with Crippen molar-refractivity contribution >= 4 is 29.6 Å². The van der Waals surface area contributed by atoms with Crippen LogP contribution in [-0.4, -0.2) is 67.8 Å². The Hall–Kier alpha value is -5.59. The highest BCUT2D eigenvalue weighted by Crippen LogP contribution is 2.29. The number of H-pyrrole nitrogens is 1. The molecule has 1 aromatic heterocycles. The van der Waals surface area contributed by atoms with E-state index >= 15 is 0 Å². The van der Waals surface area contributed by atoms with Crippen molar-refractivity contribution in [3.63, 3.8) is 0 Å². The van der Waals surface area contributed by atoms with Crippen molar-refractivity contribution in [2.24, 2.45) is 11.8 Å². The van der Waals surface area contributed by atoms with E-state index in [-0.39, 0.29) is 35.6 Å². The number of hydrogen-bond donors (Lipinski definition) is 5. The Kier molecular flexibility index (Phi) is 11.0. The average Bonchev–Trinajstić information content (AvgIpc) is 3.62. The number of ether oxygens (including phenoxy) is 1. The maximum absolute atomic E-state index is 13.7. The summed E-state index contributed by atoms with van der Waals surface area (Å²) in [7, 11) is 0. The number of alkyl carbamates (subject to hydrolysis) is 1. The van der Waals surface area contributed by atoms with Gasteiger partial charge in [-0.05, 0) is 111 Å². The largest absolute Gasteiger partial charge is 0.478 e. The zero-order valence-electron chi connectivity index (χ0n) is 27.7. The summed E-state index contributed by atoms with van der Waals surface area (Å²) in [6.45, 7) is 5.94. The van der Waals surface area contributed by atoms with E-state index in [1.54, 1.807) is 48.5 Å². The highest BCUT2D eigenvalue weighted by molar-refractivity contribution is 5.98. The number of nitrogens with one attached hydrogen (secondary N) is 4. The molecule has 1 heterocycles. The minimum Gasteiger partial charge on any atom is -0.478 e. The van der Waals surface area contributed by atoms with Gasteiger partial charge in [-0.25, -0.2) is 9.59 Å². The first-order valence-corrected chi connectivity index (χ1v) is 16.3. The van der Waals surface area contributed by atoms with Crippen LogP contribution in [0.15, 0.2) is 72.8 Å². The number of aromatic carboxylic acids is 1. The lowest BCUT2D eigenvalue weighted by Crippen LogP contribution is -2.48. The minimum absolute atomic E-state index is 0.179. The summed E-state index contributed by atoms with van der Waals surface area (Å²) in [6, 6.07) is 20.4. The van der Waals surface area contributed by atoms with E-state index < -0.39 is 23.7 Å². The molecule has 1 fully saturated rings. The zero-order valence-corrected chi connectivity index (χ0v) is 27.7. The van der Waals surface area contributed by atoms with Crippen LogP contribution in [0.5, 0.6) is 0 Å². The molecule has 13 nitrogen and oxygen atoms in total. The number of carboxylic acids is 1. The summed E-state index contributed by atoms with van der Waals surface area (Å²) in [5, 5.41) is 31.9. The van der Waals surface area contributed by atoms with Crippen LogP contribution in [0.1, 0.15) is 62.4 Å². The molecular formula is C36H41N7O6. The Balaban J connectivity index is 1.23. The average molecular weight is 668 g/mol. The minimum atomic E-state index is -0.987. The summed E-state index contributed by atoms with van der Waals surface area (Å²) in [5.41, 5.74) is 3.52. The van der Waals surface area contributed by atoms with Gasteiger partial charge in [0, 0.05) is 30.1 Å². The Morgan fingerprint density at radius 3 is 2.06 bits per heavy atom. The molecule has 1 atom stereocenters. The number of hydrogen-bond acceptors (Lipinski definition) is 8. The van der Waals surface area contributed by atoms with E-state index in [0.29, 0.717) is 30.9 Å². The molecule has 256 valence electrons. The fraction of sp³-hybridized carbons (Fsp3) is 0.361. The van der Waals surface area contributed by atoms with E-state index in [0.717, 1.165) is 35.1 Å². The van der Waals surface area contributed by atoms with Gasteiger partial charge in [0.15, 0.2) is 0 Å². The third kappa shape index (κ3) is 9.95. The Bertz CT molecular complexity index is 1730. The third-order valence-corrected chi connectivity index (χ3v) is 8.40. The van der Waals surface area contributed by atoms with Crippen LogP contribution < -0.4 is 16.0 Å². The predicted octanol–water partition coefficient (Wildman–Crippen LogP) is 5.23. The number of anilines is 1. The van der Waals surface area contributed by atoms with Crippen LogP contribution in [-0.2, 0) is 20.7 Å². The Morgan fingerprint density at radius 1 is 0.878 bits per heavy atom. The van der Waals surface area contributed by atoms with Gasteiger partial charge in [-0.3, -0.25) is 9.59 Å². The number of aromatic amines is 1. The number of tetrazole rings is 1. The van der Waals surface area contributed by atoms with Crippen molar-refractivity contribution in [1.29, 1.82) is 0 Å². The molecule has 1 saturated carbocycles. The van der Waals surface area contributed by atoms with Crippen LogP contribution >= 0.6 is 0 Å². The lowest BCUT2D eigenvalue weighted by atomic mass is 9.81. The lowest BCUT2D eigenvalue weighted by Gasteiger charge is -2.29. The SMILES string of the molecule is CC(C)(C)OC(=O)NCC1CCC(C(=O)NC(Cc2ccc(-c3ccc(C(=O)O)cc3)cc2)C(=O)Nc2ccc(-c3nn[nH]n3)cc2)CC1. The van der Waals surface area contributed by atoms with Gasteiger partial charge in [-0.1, -0.05) is 36.4 Å². The summed E-state index contributed by atoms with van der Waals surface area (Å²) in [5.74, 6) is -1.10. The van der Waals surface area contributed by atoms with Crippen molar-refractivity contribution in [2.75, 3.05) is 11.9 Å². The van der Waals surface area contributed by atoms with Crippen LogP contribution in [0.2, 0.25) is 0 Å². The van der Waals surface area contributed by atoms with Gasteiger partial charge in [0.1, 0.15) is 11.6 Å². The zero-order chi connectivity index (χ0) is 35.0. The molecule has 13 heteroatoms. The van der Waals surface area contributed by atoms with Gasteiger partial charge < -0.3 is 25.8 Å². The monoisotopic (exact) mass is 667 g/mol. The number of aromatic nitrogens is 4. The third-order valence-electron chi connectivity index (χ3n) is 8.40. The first kappa shape index (κ1) is 34.7. The van der Waals surface area contributed by atoms with Gasteiger partial charge in [0.05, 0.1) is 5.56 Å². The van der Waals surface area contributed by atoms with Crippen LogP contribution in [0.4, 0.5) is 10.5 Å². The fourth-order valence-electron chi connectivity index (χ4n) is 5.76. The maximum atomic E-state index is 13.7. The number of carboxylic acid groups (broad SMARTS) is 1. The highest BCUT2D eigenvalue weighted by Gasteiger charge is 2.30. The molecule has 3 aromatic carbocycles. The first-order chi connectivity index (χ1) is 23.4. The second-order valence-corrected chi connectivity index (χ2v) is 13.2. The van der Waals surface area contributed by atoms with Crippen LogP contribution in [0.3, 0.4) is 0 Å². The normalized spacial score (nSPS) is 16.6. The van der Waals surface area contributed by atoms with Gasteiger partial charge >= 0.3 is 12.1 Å². The molecule has 0 aliphatic heterocycles. The fourth-order valence-corrected chi connectivity index (χ4v) is 5.76. The smallest absolute Gasteiger partial charge is 0.407 e. The topological polar surface area (TPSA) is 188 Å². The number of amides is 3. The molecule has 3 amide bonds. The standard InChI is InChI=1S/C36H41N7O6/c1-36(2,3)49-35(48)37-21-23-6-10-27(11-7-23)32(44)39-30(33(45)38-29-18-16-26(17-19-29)31-40-42-43-41-31)20-22-4-8-24(9-5-22)25-12-14-28(15-13-25)34(46)47/h4-5,8-9,12-19,23,27,30H,6-7,10-11,20-21H2,1-3H3,(H,37,48)(H,38,45)(H,39,44)(H,46,47)(H,40,41,42,43). The molecule has 0 radical (unpaired) electrons. The Labute approximate surface area is 284 Å². The molecule has 0 saturated heterocycles. The van der Waals surface area contributed by atoms with E-state index in [9.17, 15) is 24.3 Å². The second kappa shape index (κ2) is 15.5. The molecule has 4 aromatic rings. The molecule has 1 aliphatic carbocycles. The van der Waals surface area contributed by atoms with E-state index in [1.165, 1.54) is 0 Å². The number of nitrogens with zero attached hydrogens (tertiary/aromatic N) is 3. The van der Waals surface area contributed by atoms with Gasteiger partial charge in [0.2, 0.25) is 17.6 Å². The van der Waals surface area contributed by atoms with Crippen molar-refractivity contribution in [3.8, 4) is 22.5 Å². The van der Waals surface area contributed by atoms with Crippen LogP contribution in [0, 0.1) is 11.8 Å². The van der Waals surface area contributed by atoms with E-state index in [1.807, 2.05) is 45.0 Å². The number of carbonyl (C=O) groups is 4. The summed E-state index contributed by atoms with van der Waals surface area (Å²) in [4.78, 5) is 50.5. The van der Waals surface area contributed by atoms with E-state index in [4.69, 9.17) is 4.74 Å². The Morgan fingerprint density at radius 2 is 1.49 bits per heavy atom. The first-order valence-electron chi connectivity index (χ1n) is 16.3. The molecule has 49 heavy (non-hydrogen) atoms. The molecule has 1 aliphatic rings.